The highest BCUT2D eigenvalue weighted by atomic mass is 15.0. The number of hydrogen-bond donors (Lipinski definition) is 1. The van der Waals surface area contributed by atoms with Gasteiger partial charge in [0.25, 0.3) is 0 Å². The number of nitrogens with one attached hydrogen (secondary N) is 1. The predicted octanol–water partition coefficient (Wildman–Crippen LogP) is 3.96. The number of hydrogen-bond acceptors (Lipinski definition) is 1. The van der Waals surface area contributed by atoms with Crippen molar-refractivity contribution in [1.29, 1.82) is 0 Å². The van der Waals surface area contributed by atoms with E-state index in [4.69, 9.17) is 0 Å². The van der Waals surface area contributed by atoms with Crippen molar-refractivity contribution in [1.82, 2.24) is 5.32 Å². The second-order valence-corrected chi connectivity index (χ2v) is 5.34. The Bertz CT molecular complexity index is 245. The van der Waals surface area contributed by atoms with Crippen LogP contribution in [0.25, 0.3) is 0 Å². The SMILES string of the molecule is CCC1(NC2C=CC=C2)CCCCCCC1. The monoisotopic (exact) mass is 219 g/mol. The second kappa shape index (κ2) is 5.67. The van der Waals surface area contributed by atoms with Gasteiger partial charge in [0.1, 0.15) is 0 Å². The zero-order valence-electron chi connectivity index (χ0n) is 10.5. The molecule has 0 aliphatic heterocycles. The highest BCUT2D eigenvalue weighted by Gasteiger charge is 2.29. The molecule has 2 aliphatic rings. The first-order valence-corrected chi connectivity index (χ1v) is 6.97. The minimum atomic E-state index is 0.407. The molecule has 90 valence electrons. The molecule has 0 spiro atoms. The Morgan fingerprint density at radius 3 is 2.12 bits per heavy atom. The van der Waals surface area contributed by atoms with E-state index in [0.717, 1.165) is 0 Å². The van der Waals surface area contributed by atoms with Crippen LogP contribution in [-0.2, 0) is 0 Å². The van der Waals surface area contributed by atoms with Crippen LogP contribution in [0.15, 0.2) is 24.3 Å². The van der Waals surface area contributed by atoms with Crippen LogP contribution in [0.3, 0.4) is 0 Å². The van der Waals surface area contributed by atoms with E-state index in [1.54, 1.807) is 0 Å². The summed E-state index contributed by atoms with van der Waals surface area (Å²) in [5, 5.41) is 3.88. The third-order valence-corrected chi connectivity index (χ3v) is 4.21. The maximum Gasteiger partial charge on any atom is 0.0445 e. The third-order valence-electron chi connectivity index (χ3n) is 4.21. The highest BCUT2D eigenvalue weighted by Crippen LogP contribution is 2.30. The van der Waals surface area contributed by atoms with Gasteiger partial charge >= 0.3 is 0 Å². The Hall–Kier alpha value is -0.560. The summed E-state index contributed by atoms with van der Waals surface area (Å²) in [5.74, 6) is 0. The summed E-state index contributed by atoms with van der Waals surface area (Å²) in [7, 11) is 0. The van der Waals surface area contributed by atoms with Crippen molar-refractivity contribution >= 4 is 0 Å². The zero-order valence-corrected chi connectivity index (χ0v) is 10.5. The van der Waals surface area contributed by atoms with Crippen molar-refractivity contribution < 1.29 is 0 Å². The average Bonchev–Trinajstić information content (AvgIpc) is 2.75. The lowest BCUT2D eigenvalue weighted by molar-refractivity contribution is 0.237. The molecule has 0 unspecified atom stereocenters. The molecule has 0 atom stereocenters. The first kappa shape index (κ1) is 11.9. The lowest BCUT2D eigenvalue weighted by Gasteiger charge is -2.37. The Morgan fingerprint density at radius 1 is 1.00 bits per heavy atom. The van der Waals surface area contributed by atoms with Gasteiger partial charge in [0, 0.05) is 11.6 Å². The van der Waals surface area contributed by atoms with Crippen molar-refractivity contribution in [3.63, 3.8) is 0 Å². The molecule has 0 heterocycles. The number of rotatable bonds is 3. The van der Waals surface area contributed by atoms with Crippen LogP contribution < -0.4 is 5.32 Å². The van der Waals surface area contributed by atoms with Gasteiger partial charge in [-0.15, -0.1) is 0 Å². The van der Waals surface area contributed by atoms with Gasteiger partial charge < -0.3 is 5.32 Å². The topological polar surface area (TPSA) is 12.0 Å². The van der Waals surface area contributed by atoms with Gasteiger partial charge in [-0.05, 0) is 19.3 Å². The summed E-state index contributed by atoms with van der Waals surface area (Å²) in [6, 6.07) is 0.486. The predicted molar refractivity (Wildman–Crippen MR) is 70.5 cm³/mol. The molecule has 1 saturated carbocycles. The van der Waals surface area contributed by atoms with Crippen LogP contribution in [0.5, 0.6) is 0 Å². The molecular weight excluding hydrogens is 194 g/mol. The summed E-state index contributed by atoms with van der Waals surface area (Å²) < 4.78 is 0. The fourth-order valence-electron chi connectivity index (χ4n) is 3.06. The standard InChI is InChI=1S/C15H25N/c1-2-15(16-14-10-6-7-11-14)12-8-4-3-5-9-13-15/h6-7,10-11,14,16H,2-5,8-9,12-13H2,1H3. The molecule has 0 radical (unpaired) electrons. The van der Waals surface area contributed by atoms with Crippen molar-refractivity contribution in [3.05, 3.63) is 24.3 Å². The van der Waals surface area contributed by atoms with Crippen LogP contribution in [-0.4, -0.2) is 11.6 Å². The van der Waals surface area contributed by atoms with Crippen molar-refractivity contribution in [2.45, 2.75) is 69.9 Å². The number of allylic oxidation sites excluding steroid dienone is 2. The first-order valence-electron chi connectivity index (χ1n) is 6.97. The maximum absolute atomic E-state index is 3.88. The Labute approximate surface area is 100 Å². The minimum absolute atomic E-state index is 0.407. The lowest BCUT2D eigenvalue weighted by Crippen LogP contribution is -2.48. The highest BCUT2D eigenvalue weighted by molar-refractivity contribution is 5.22. The molecule has 1 N–H and O–H groups in total. The fourth-order valence-corrected chi connectivity index (χ4v) is 3.06. The molecule has 2 rings (SSSR count). The Morgan fingerprint density at radius 2 is 1.56 bits per heavy atom. The molecule has 0 aromatic heterocycles. The molecular formula is C15H25N. The summed E-state index contributed by atoms with van der Waals surface area (Å²) in [5.41, 5.74) is 0.407. The van der Waals surface area contributed by atoms with Crippen molar-refractivity contribution in [3.8, 4) is 0 Å². The van der Waals surface area contributed by atoms with E-state index in [9.17, 15) is 0 Å². The molecule has 2 aliphatic carbocycles. The Kier molecular flexibility index (Phi) is 4.22. The molecule has 0 saturated heterocycles. The Balaban J connectivity index is 1.97. The van der Waals surface area contributed by atoms with Gasteiger partial charge in [-0.2, -0.15) is 0 Å². The van der Waals surface area contributed by atoms with Crippen molar-refractivity contribution in [2.24, 2.45) is 0 Å². The van der Waals surface area contributed by atoms with Crippen molar-refractivity contribution in [2.75, 3.05) is 0 Å². The normalized spacial score (nSPS) is 25.6. The van der Waals surface area contributed by atoms with E-state index >= 15 is 0 Å². The zero-order chi connectivity index (χ0) is 11.3. The lowest BCUT2D eigenvalue weighted by atomic mass is 9.81. The minimum Gasteiger partial charge on any atom is -0.302 e. The summed E-state index contributed by atoms with van der Waals surface area (Å²) in [4.78, 5) is 0. The van der Waals surface area contributed by atoms with Gasteiger partial charge in [0.15, 0.2) is 0 Å². The molecule has 0 amide bonds. The molecule has 1 nitrogen and oxygen atoms in total. The van der Waals surface area contributed by atoms with Crippen LogP contribution in [0.1, 0.15) is 58.3 Å². The first-order chi connectivity index (χ1) is 7.85. The quantitative estimate of drug-likeness (QED) is 0.757. The summed E-state index contributed by atoms with van der Waals surface area (Å²) in [6.07, 6.45) is 20.0. The smallest absolute Gasteiger partial charge is 0.0445 e. The molecule has 1 fully saturated rings. The van der Waals surface area contributed by atoms with Crippen LogP contribution in [0.2, 0.25) is 0 Å². The van der Waals surface area contributed by atoms with E-state index in [-0.39, 0.29) is 0 Å². The molecule has 16 heavy (non-hydrogen) atoms. The van der Waals surface area contributed by atoms with E-state index in [1.807, 2.05) is 0 Å². The maximum atomic E-state index is 3.88. The van der Waals surface area contributed by atoms with Gasteiger partial charge in [-0.1, -0.05) is 63.3 Å². The second-order valence-electron chi connectivity index (χ2n) is 5.34. The molecule has 0 aromatic rings. The van der Waals surface area contributed by atoms with Gasteiger partial charge in [0.2, 0.25) is 0 Å². The fraction of sp³-hybridized carbons (Fsp3) is 0.733. The van der Waals surface area contributed by atoms with Crippen LogP contribution in [0, 0.1) is 0 Å². The van der Waals surface area contributed by atoms with E-state index in [0.29, 0.717) is 11.6 Å². The van der Waals surface area contributed by atoms with Crippen LogP contribution in [0.4, 0.5) is 0 Å². The molecule has 1 heteroatoms. The largest absolute Gasteiger partial charge is 0.302 e. The van der Waals surface area contributed by atoms with E-state index < -0.39 is 0 Å². The summed E-state index contributed by atoms with van der Waals surface area (Å²) in [6.45, 7) is 2.34. The van der Waals surface area contributed by atoms with Gasteiger partial charge in [-0.3, -0.25) is 0 Å². The van der Waals surface area contributed by atoms with E-state index in [2.05, 4.69) is 36.5 Å². The van der Waals surface area contributed by atoms with Gasteiger partial charge in [-0.25, -0.2) is 0 Å². The third kappa shape index (κ3) is 2.98. The molecule has 0 bridgehead atoms. The summed E-state index contributed by atoms with van der Waals surface area (Å²) >= 11 is 0. The average molecular weight is 219 g/mol. The van der Waals surface area contributed by atoms with Crippen LogP contribution >= 0.6 is 0 Å². The van der Waals surface area contributed by atoms with E-state index in [1.165, 1.54) is 51.4 Å². The molecule has 0 aromatic carbocycles. The van der Waals surface area contributed by atoms with Gasteiger partial charge in [0.05, 0.1) is 0 Å².